The van der Waals surface area contributed by atoms with Crippen molar-refractivity contribution in [1.29, 1.82) is 5.41 Å². The summed E-state index contributed by atoms with van der Waals surface area (Å²) in [5.74, 6) is 0.674. The van der Waals surface area contributed by atoms with Crippen molar-refractivity contribution in [2.24, 2.45) is 10.1 Å². The van der Waals surface area contributed by atoms with E-state index in [9.17, 15) is 4.79 Å². The van der Waals surface area contributed by atoms with Gasteiger partial charge in [-0.25, -0.2) is 0 Å². The van der Waals surface area contributed by atoms with Gasteiger partial charge in [0.25, 0.3) is 5.91 Å². The summed E-state index contributed by atoms with van der Waals surface area (Å²) in [5.41, 5.74) is 3.96. The number of ether oxygens (including phenoxy) is 2. The third kappa shape index (κ3) is 4.93. The Hall–Kier alpha value is -3.44. The number of carbonyl (C=O) groups excluding carboxylic acids is 1. The minimum Gasteiger partial charge on any atom is -0.493 e. The van der Waals surface area contributed by atoms with Crippen LogP contribution in [0.4, 0.5) is 0 Å². The maximum absolute atomic E-state index is 12.9. The molecule has 3 aromatic carbocycles. The molecule has 0 spiro atoms. The molecule has 0 aromatic heterocycles. The summed E-state index contributed by atoms with van der Waals surface area (Å²) in [6.45, 7) is 2.42. The number of hydrogen-bond donors (Lipinski definition) is 1. The Morgan fingerprint density at radius 2 is 1.86 bits per heavy atom. The predicted molar refractivity (Wildman–Crippen MR) is 152 cm³/mol. The van der Waals surface area contributed by atoms with Gasteiger partial charge in [0.1, 0.15) is 11.7 Å². The maximum atomic E-state index is 12.9. The standard InChI is InChI=1S/C27H21IN4O3S/c1-16-8-10-19(11-9-16)26-31-32-24(29)20(25(33)30-27(32)36-26)12-18-13-21(28)23(22(14-18)34-2)35-15-17-6-4-3-5-7-17/h3-14,29H,15H2,1-2H3/b20-12-,29-24?. The van der Waals surface area contributed by atoms with Crippen molar-refractivity contribution >= 4 is 62.4 Å². The highest BCUT2D eigenvalue weighted by molar-refractivity contribution is 14.1. The maximum Gasteiger partial charge on any atom is 0.283 e. The van der Waals surface area contributed by atoms with E-state index in [-0.39, 0.29) is 11.4 Å². The van der Waals surface area contributed by atoms with Gasteiger partial charge in [0, 0.05) is 5.56 Å². The first-order valence-corrected chi connectivity index (χ1v) is 12.9. The van der Waals surface area contributed by atoms with Crippen LogP contribution in [0, 0.1) is 15.9 Å². The first-order valence-electron chi connectivity index (χ1n) is 11.0. The highest BCUT2D eigenvalue weighted by atomic mass is 127. The summed E-state index contributed by atoms with van der Waals surface area (Å²) in [7, 11) is 1.57. The van der Waals surface area contributed by atoms with Crippen molar-refractivity contribution in [3.8, 4) is 11.5 Å². The summed E-state index contributed by atoms with van der Waals surface area (Å²) in [6.07, 6.45) is 1.64. The van der Waals surface area contributed by atoms with Crippen LogP contribution in [0.25, 0.3) is 6.08 Å². The van der Waals surface area contributed by atoms with E-state index in [2.05, 4.69) is 32.7 Å². The van der Waals surface area contributed by atoms with E-state index in [1.165, 1.54) is 16.8 Å². The molecule has 2 heterocycles. The number of rotatable bonds is 6. The zero-order valence-electron chi connectivity index (χ0n) is 19.5. The Morgan fingerprint density at radius 3 is 2.58 bits per heavy atom. The fourth-order valence-electron chi connectivity index (χ4n) is 3.66. The number of halogens is 1. The molecule has 0 radical (unpaired) electrons. The minimum absolute atomic E-state index is 0.0157. The van der Waals surface area contributed by atoms with Crippen LogP contribution in [0.3, 0.4) is 0 Å². The van der Waals surface area contributed by atoms with Crippen molar-refractivity contribution in [3.63, 3.8) is 0 Å². The Kier molecular flexibility index (Phi) is 6.92. The minimum atomic E-state index is -0.475. The van der Waals surface area contributed by atoms with E-state index in [1.807, 2.05) is 67.6 Å². The number of aliphatic imine (C=N–C) groups is 1. The summed E-state index contributed by atoms with van der Waals surface area (Å²) >= 11 is 3.47. The van der Waals surface area contributed by atoms with Crippen LogP contribution in [0.2, 0.25) is 0 Å². The van der Waals surface area contributed by atoms with Gasteiger partial charge in [-0.2, -0.15) is 15.1 Å². The number of hydrogen-bond acceptors (Lipinski definition) is 6. The van der Waals surface area contributed by atoms with E-state index in [0.717, 1.165) is 20.3 Å². The van der Waals surface area contributed by atoms with Gasteiger partial charge in [-0.05, 0) is 70.6 Å². The monoisotopic (exact) mass is 608 g/mol. The third-order valence-corrected chi connectivity index (χ3v) is 7.30. The highest BCUT2D eigenvalue weighted by Gasteiger charge is 2.36. The van der Waals surface area contributed by atoms with E-state index in [0.29, 0.717) is 33.9 Å². The second-order valence-electron chi connectivity index (χ2n) is 8.10. The number of nitrogens with one attached hydrogen (secondary N) is 1. The molecule has 3 aromatic rings. The van der Waals surface area contributed by atoms with Gasteiger partial charge in [0.15, 0.2) is 17.3 Å². The molecule has 2 aliphatic rings. The van der Waals surface area contributed by atoms with Crippen LogP contribution in [0.1, 0.15) is 22.3 Å². The second-order valence-corrected chi connectivity index (χ2v) is 10.2. The van der Waals surface area contributed by atoms with Gasteiger partial charge in [0.05, 0.1) is 16.3 Å². The van der Waals surface area contributed by atoms with Crippen LogP contribution in [0.5, 0.6) is 11.5 Å². The summed E-state index contributed by atoms with van der Waals surface area (Å²) in [6, 6.07) is 21.5. The quantitative estimate of drug-likeness (QED) is 0.280. The highest BCUT2D eigenvalue weighted by Crippen LogP contribution is 2.36. The van der Waals surface area contributed by atoms with Crippen LogP contribution in [-0.2, 0) is 11.4 Å². The van der Waals surface area contributed by atoms with Crippen molar-refractivity contribution in [3.05, 3.63) is 98.1 Å². The van der Waals surface area contributed by atoms with Crippen LogP contribution in [-0.4, -0.2) is 34.1 Å². The molecule has 0 saturated heterocycles. The fourth-order valence-corrected chi connectivity index (χ4v) is 5.34. The summed E-state index contributed by atoms with van der Waals surface area (Å²) in [5, 5.41) is 15.7. The van der Waals surface area contributed by atoms with Crippen molar-refractivity contribution in [2.75, 3.05) is 7.11 Å². The lowest BCUT2D eigenvalue weighted by atomic mass is 10.1. The topological polar surface area (TPSA) is 87.3 Å². The number of methoxy groups -OCH3 is 1. The molecule has 0 saturated carbocycles. The molecule has 36 heavy (non-hydrogen) atoms. The van der Waals surface area contributed by atoms with E-state index >= 15 is 0 Å². The molecule has 0 fully saturated rings. The zero-order chi connectivity index (χ0) is 25.2. The van der Waals surface area contributed by atoms with Gasteiger partial charge in [0.2, 0.25) is 5.17 Å². The molecular formula is C27H21IN4O3S. The first-order chi connectivity index (χ1) is 17.4. The van der Waals surface area contributed by atoms with Crippen LogP contribution < -0.4 is 9.47 Å². The van der Waals surface area contributed by atoms with E-state index < -0.39 is 5.91 Å². The molecule has 1 N–H and O–H groups in total. The largest absolute Gasteiger partial charge is 0.493 e. The molecular weight excluding hydrogens is 587 g/mol. The number of carbonyl (C=O) groups is 1. The lowest BCUT2D eigenvalue weighted by molar-refractivity contribution is -0.114. The molecule has 0 bridgehead atoms. The third-order valence-electron chi connectivity index (χ3n) is 5.54. The molecule has 180 valence electrons. The Bertz CT molecular complexity index is 1450. The normalized spacial score (nSPS) is 16.1. The number of hydrazone groups is 1. The van der Waals surface area contributed by atoms with Gasteiger partial charge in [-0.1, -0.05) is 60.2 Å². The van der Waals surface area contributed by atoms with Crippen molar-refractivity contribution in [1.82, 2.24) is 5.01 Å². The number of benzene rings is 3. The number of amides is 1. The number of thioether (sulfide) groups is 1. The SMILES string of the molecule is COc1cc(/C=C2/C(=N)N3N=C(c4ccc(C)cc4)SC3=NC2=O)cc(I)c1OCc1ccccc1. The van der Waals surface area contributed by atoms with Crippen molar-refractivity contribution < 1.29 is 14.3 Å². The molecule has 7 nitrogen and oxygen atoms in total. The number of amidine groups is 2. The first kappa shape index (κ1) is 24.3. The summed E-state index contributed by atoms with van der Waals surface area (Å²) < 4.78 is 12.4. The lowest BCUT2D eigenvalue weighted by Gasteiger charge is -2.20. The number of nitrogens with zero attached hydrogens (tertiary/aromatic N) is 3. The number of fused-ring (bicyclic) bond motifs is 1. The van der Waals surface area contributed by atoms with Crippen molar-refractivity contribution in [2.45, 2.75) is 13.5 Å². The average molecular weight is 608 g/mol. The lowest BCUT2D eigenvalue weighted by Crippen LogP contribution is -2.35. The van der Waals surface area contributed by atoms with Gasteiger partial charge < -0.3 is 9.47 Å². The Labute approximate surface area is 226 Å². The molecule has 0 aliphatic carbocycles. The summed E-state index contributed by atoms with van der Waals surface area (Å²) in [4.78, 5) is 17.1. The smallest absolute Gasteiger partial charge is 0.283 e. The molecule has 0 atom stereocenters. The molecule has 0 unspecified atom stereocenters. The van der Waals surface area contributed by atoms with E-state index in [1.54, 1.807) is 19.3 Å². The predicted octanol–water partition coefficient (Wildman–Crippen LogP) is 5.85. The molecule has 9 heteroatoms. The van der Waals surface area contributed by atoms with Crippen LogP contribution >= 0.6 is 34.4 Å². The van der Waals surface area contributed by atoms with Gasteiger partial charge >= 0.3 is 0 Å². The van der Waals surface area contributed by atoms with Gasteiger partial charge in [-0.3, -0.25) is 10.2 Å². The van der Waals surface area contributed by atoms with E-state index in [4.69, 9.17) is 14.9 Å². The van der Waals surface area contributed by atoms with Gasteiger partial charge in [-0.15, -0.1) is 0 Å². The molecule has 2 aliphatic heterocycles. The number of aryl methyl sites for hydroxylation is 1. The second kappa shape index (κ2) is 10.3. The fraction of sp³-hybridized carbons (Fsp3) is 0.111. The van der Waals surface area contributed by atoms with Crippen LogP contribution in [0.15, 0.2) is 82.4 Å². The molecule has 1 amide bonds. The Balaban J connectivity index is 1.41. The average Bonchev–Trinajstić information content (AvgIpc) is 3.30. The molecule has 5 rings (SSSR count). The Morgan fingerprint density at radius 1 is 1.11 bits per heavy atom. The zero-order valence-corrected chi connectivity index (χ0v) is 22.5.